The fraction of sp³-hybridized carbons (Fsp3) is 0.300. The highest BCUT2D eigenvalue weighted by molar-refractivity contribution is 7.89. The molecule has 2 aromatic carbocycles. The number of carbonyl (C=O) groups excluding carboxylic acids is 2. The Bertz CT molecular complexity index is 961. The summed E-state index contributed by atoms with van der Waals surface area (Å²) >= 11 is 0. The number of halogens is 1. The number of nitrogens with one attached hydrogen (secondary N) is 1. The van der Waals surface area contributed by atoms with Gasteiger partial charge in [0.1, 0.15) is 5.82 Å². The highest BCUT2D eigenvalue weighted by Gasteiger charge is 2.20. The molecular formula is C20H23FN2O5S. The molecule has 0 bridgehead atoms. The van der Waals surface area contributed by atoms with Crippen molar-refractivity contribution in [3.63, 3.8) is 0 Å². The van der Waals surface area contributed by atoms with E-state index in [9.17, 15) is 22.4 Å². The lowest BCUT2D eigenvalue weighted by Gasteiger charge is -2.17. The Morgan fingerprint density at radius 1 is 1.14 bits per heavy atom. The molecule has 1 amide bonds. The molecule has 2 rings (SSSR count). The normalized spacial score (nSPS) is 11.3. The standard InChI is InChI=1S/C20H23FN2O5S/c1-3-4-12-23(2)29(26,27)18-10-8-17(9-11-18)22-19(24)14-28-20(25)15-6-5-7-16(21)13-15/h5-11,13H,3-4,12,14H2,1-2H3,(H,22,24). The van der Waals surface area contributed by atoms with Gasteiger partial charge in [-0.25, -0.2) is 21.9 Å². The summed E-state index contributed by atoms with van der Waals surface area (Å²) in [5.74, 6) is -2.01. The summed E-state index contributed by atoms with van der Waals surface area (Å²) in [7, 11) is -2.07. The van der Waals surface area contributed by atoms with Gasteiger partial charge in [0.25, 0.3) is 5.91 Å². The van der Waals surface area contributed by atoms with Crippen LogP contribution in [0.15, 0.2) is 53.4 Å². The zero-order valence-electron chi connectivity index (χ0n) is 16.2. The average molecular weight is 422 g/mol. The maximum atomic E-state index is 13.1. The molecule has 0 heterocycles. The molecule has 156 valence electrons. The molecule has 2 aromatic rings. The molecule has 1 N–H and O–H groups in total. The molecule has 0 aliphatic rings. The van der Waals surface area contributed by atoms with Crippen LogP contribution in [0.3, 0.4) is 0 Å². The molecule has 0 aliphatic heterocycles. The van der Waals surface area contributed by atoms with E-state index in [2.05, 4.69) is 5.32 Å². The van der Waals surface area contributed by atoms with Gasteiger partial charge in [-0.1, -0.05) is 19.4 Å². The molecule has 0 saturated carbocycles. The first-order valence-electron chi connectivity index (χ1n) is 9.03. The molecular weight excluding hydrogens is 399 g/mol. The summed E-state index contributed by atoms with van der Waals surface area (Å²) in [5, 5.41) is 2.50. The number of unbranched alkanes of at least 4 members (excludes halogenated alkanes) is 1. The lowest BCUT2D eigenvalue weighted by Crippen LogP contribution is -2.28. The summed E-state index contributed by atoms with van der Waals surface area (Å²) in [4.78, 5) is 23.9. The third-order valence-electron chi connectivity index (χ3n) is 4.07. The molecule has 0 saturated heterocycles. The van der Waals surface area contributed by atoms with Crippen LogP contribution in [0.4, 0.5) is 10.1 Å². The number of nitrogens with zero attached hydrogens (tertiary/aromatic N) is 1. The van der Waals surface area contributed by atoms with E-state index in [-0.39, 0.29) is 10.5 Å². The SMILES string of the molecule is CCCCN(C)S(=O)(=O)c1ccc(NC(=O)COC(=O)c2cccc(F)c2)cc1. The summed E-state index contributed by atoms with van der Waals surface area (Å²) in [5.41, 5.74) is 0.353. The Labute approximate surface area is 169 Å². The Hall–Kier alpha value is -2.78. The number of ether oxygens (including phenoxy) is 1. The molecule has 0 spiro atoms. The third kappa shape index (κ3) is 6.37. The van der Waals surface area contributed by atoms with Crippen LogP contribution in [-0.4, -0.2) is 44.8 Å². The van der Waals surface area contributed by atoms with E-state index < -0.39 is 34.3 Å². The van der Waals surface area contributed by atoms with E-state index in [4.69, 9.17) is 4.74 Å². The number of hydrogen-bond acceptors (Lipinski definition) is 5. The molecule has 0 aliphatic carbocycles. The minimum Gasteiger partial charge on any atom is -0.452 e. The van der Waals surface area contributed by atoms with Crippen LogP contribution in [0.1, 0.15) is 30.1 Å². The van der Waals surface area contributed by atoms with Crippen molar-refractivity contribution < 1.29 is 27.1 Å². The van der Waals surface area contributed by atoms with Gasteiger partial charge in [0.15, 0.2) is 6.61 Å². The van der Waals surface area contributed by atoms with Crippen LogP contribution >= 0.6 is 0 Å². The summed E-state index contributed by atoms with van der Waals surface area (Å²) < 4.78 is 44.2. The molecule has 7 nitrogen and oxygen atoms in total. The number of sulfonamides is 1. The van der Waals surface area contributed by atoms with Crippen molar-refractivity contribution in [3.8, 4) is 0 Å². The lowest BCUT2D eigenvalue weighted by atomic mass is 10.2. The Kier molecular flexibility index (Phi) is 7.86. The first-order valence-corrected chi connectivity index (χ1v) is 10.5. The topological polar surface area (TPSA) is 92.8 Å². The maximum Gasteiger partial charge on any atom is 0.338 e. The van der Waals surface area contributed by atoms with Gasteiger partial charge in [0.2, 0.25) is 10.0 Å². The number of rotatable bonds is 9. The van der Waals surface area contributed by atoms with Crippen LogP contribution in [0.2, 0.25) is 0 Å². The van der Waals surface area contributed by atoms with E-state index in [0.29, 0.717) is 12.2 Å². The Morgan fingerprint density at radius 2 is 1.83 bits per heavy atom. The van der Waals surface area contributed by atoms with Gasteiger partial charge in [-0.2, -0.15) is 0 Å². The van der Waals surface area contributed by atoms with Gasteiger partial charge in [0, 0.05) is 19.3 Å². The average Bonchev–Trinajstić information content (AvgIpc) is 2.70. The van der Waals surface area contributed by atoms with Crippen molar-refractivity contribution in [1.82, 2.24) is 4.31 Å². The van der Waals surface area contributed by atoms with Crippen molar-refractivity contribution >= 4 is 27.6 Å². The van der Waals surface area contributed by atoms with Crippen LogP contribution in [0.5, 0.6) is 0 Å². The van der Waals surface area contributed by atoms with Crippen LogP contribution in [-0.2, 0) is 19.6 Å². The van der Waals surface area contributed by atoms with Crippen molar-refractivity contribution in [2.75, 3.05) is 25.5 Å². The smallest absolute Gasteiger partial charge is 0.338 e. The quantitative estimate of drug-likeness (QED) is 0.627. The number of hydrogen-bond donors (Lipinski definition) is 1. The molecule has 0 unspecified atom stereocenters. The minimum absolute atomic E-state index is 0.000414. The van der Waals surface area contributed by atoms with Crippen LogP contribution in [0.25, 0.3) is 0 Å². The van der Waals surface area contributed by atoms with Crippen molar-refractivity contribution in [2.24, 2.45) is 0 Å². The van der Waals surface area contributed by atoms with Gasteiger partial charge in [-0.05, 0) is 48.9 Å². The fourth-order valence-electron chi connectivity index (χ4n) is 2.42. The number of carbonyl (C=O) groups is 2. The zero-order valence-corrected chi connectivity index (χ0v) is 17.0. The summed E-state index contributed by atoms with van der Waals surface area (Å²) in [6.07, 6.45) is 1.65. The second-order valence-corrected chi connectivity index (χ2v) is 8.38. The van der Waals surface area contributed by atoms with E-state index in [1.165, 1.54) is 53.8 Å². The van der Waals surface area contributed by atoms with E-state index in [1.807, 2.05) is 6.92 Å². The van der Waals surface area contributed by atoms with Crippen LogP contribution in [0, 0.1) is 5.82 Å². The summed E-state index contributed by atoms with van der Waals surface area (Å²) in [6.45, 7) is 1.84. The minimum atomic E-state index is -3.59. The van der Waals surface area contributed by atoms with Gasteiger partial charge in [-0.15, -0.1) is 0 Å². The Morgan fingerprint density at radius 3 is 2.45 bits per heavy atom. The van der Waals surface area contributed by atoms with Crippen LogP contribution < -0.4 is 5.32 Å². The molecule has 9 heteroatoms. The first-order chi connectivity index (χ1) is 13.7. The zero-order chi connectivity index (χ0) is 21.4. The van der Waals surface area contributed by atoms with Gasteiger partial charge < -0.3 is 10.1 Å². The molecule has 29 heavy (non-hydrogen) atoms. The first kappa shape index (κ1) is 22.5. The fourth-order valence-corrected chi connectivity index (χ4v) is 3.63. The van der Waals surface area contributed by atoms with E-state index >= 15 is 0 Å². The number of anilines is 1. The van der Waals surface area contributed by atoms with Gasteiger partial charge in [0.05, 0.1) is 10.5 Å². The molecule has 0 aromatic heterocycles. The van der Waals surface area contributed by atoms with E-state index in [1.54, 1.807) is 0 Å². The highest BCUT2D eigenvalue weighted by Crippen LogP contribution is 2.18. The molecule has 0 radical (unpaired) electrons. The second kappa shape index (κ2) is 10.1. The predicted molar refractivity (Wildman–Crippen MR) is 106 cm³/mol. The number of amides is 1. The van der Waals surface area contributed by atoms with Crippen molar-refractivity contribution in [2.45, 2.75) is 24.7 Å². The lowest BCUT2D eigenvalue weighted by molar-refractivity contribution is -0.119. The Balaban J connectivity index is 1.92. The van der Waals surface area contributed by atoms with Crippen molar-refractivity contribution in [1.29, 1.82) is 0 Å². The monoisotopic (exact) mass is 422 g/mol. The maximum absolute atomic E-state index is 13.1. The van der Waals surface area contributed by atoms with Crippen molar-refractivity contribution in [3.05, 3.63) is 59.9 Å². The molecule has 0 fully saturated rings. The van der Waals surface area contributed by atoms with Gasteiger partial charge >= 0.3 is 5.97 Å². The third-order valence-corrected chi connectivity index (χ3v) is 5.94. The predicted octanol–water partition coefficient (Wildman–Crippen LogP) is 3.04. The second-order valence-electron chi connectivity index (χ2n) is 6.34. The number of esters is 1. The largest absolute Gasteiger partial charge is 0.452 e. The van der Waals surface area contributed by atoms with E-state index in [0.717, 1.165) is 18.9 Å². The summed E-state index contributed by atoms with van der Waals surface area (Å²) in [6, 6.07) is 10.6. The highest BCUT2D eigenvalue weighted by atomic mass is 32.2. The number of benzene rings is 2. The van der Waals surface area contributed by atoms with Gasteiger partial charge in [-0.3, -0.25) is 4.79 Å². The molecule has 0 atom stereocenters.